The van der Waals surface area contributed by atoms with Crippen LogP contribution in [0, 0.1) is 10.1 Å². The molecule has 3 aromatic rings. The summed E-state index contributed by atoms with van der Waals surface area (Å²) < 4.78 is 0. The van der Waals surface area contributed by atoms with Gasteiger partial charge in [0, 0.05) is 24.1 Å². The molecule has 3 aromatic carbocycles. The maximum atomic E-state index is 12.7. The van der Waals surface area contributed by atoms with Crippen LogP contribution in [0.15, 0.2) is 84.9 Å². The van der Waals surface area contributed by atoms with Crippen LogP contribution in [0.3, 0.4) is 0 Å². The summed E-state index contributed by atoms with van der Waals surface area (Å²) >= 11 is 0. The van der Waals surface area contributed by atoms with Gasteiger partial charge in [-0.1, -0.05) is 72.8 Å². The highest BCUT2D eigenvalue weighted by atomic mass is 16.6. The number of primary amides is 1. The molecule has 0 unspecified atom stereocenters. The van der Waals surface area contributed by atoms with Crippen LogP contribution in [0.2, 0.25) is 0 Å². The lowest BCUT2D eigenvalue weighted by Gasteiger charge is -2.32. The van der Waals surface area contributed by atoms with Crippen LogP contribution in [0.5, 0.6) is 0 Å². The Kier molecular flexibility index (Phi) is 6.37. The summed E-state index contributed by atoms with van der Waals surface area (Å²) in [6.45, 7) is 0. The van der Waals surface area contributed by atoms with Crippen molar-refractivity contribution in [2.75, 3.05) is 0 Å². The summed E-state index contributed by atoms with van der Waals surface area (Å²) in [6.07, 6.45) is 0.890. The molecule has 0 saturated heterocycles. The number of nitro benzene ring substituents is 1. The quantitative estimate of drug-likeness (QED) is 0.325. The van der Waals surface area contributed by atoms with Gasteiger partial charge in [-0.15, -0.1) is 0 Å². The molecule has 6 heteroatoms. The number of carbonyl (C=O) groups excluding carboxylic acids is 2. The van der Waals surface area contributed by atoms with Gasteiger partial charge in [0.15, 0.2) is 5.78 Å². The number of nitro groups is 1. The number of ketones is 1. The molecule has 3 rings (SSSR count). The van der Waals surface area contributed by atoms with Gasteiger partial charge in [0.1, 0.15) is 0 Å². The van der Waals surface area contributed by atoms with Crippen molar-refractivity contribution in [1.82, 2.24) is 0 Å². The molecule has 0 atom stereocenters. The Bertz CT molecular complexity index is 1010. The van der Waals surface area contributed by atoms with Crippen molar-refractivity contribution in [2.45, 2.75) is 24.7 Å². The number of benzene rings is 3. The van der Waals surface area contributed by atoms with Crippen LogP contribution >= 0.6 is 0 Å². The standard InChI is InChI=1S/C24H22N2O4/c25-23(28)24(19-10-3-1-4-11-19,20-12-5-2-6-13-20)16-8-15-22(27)18-9-7-14-21(17-18)26(29)30/h1-7,9-14,17H,8,15-16H2,(H2,25,28). The smallest absolute Gasteiger partial charge is 0.270 e. The maximum absolute atomic E-state index is 12.7. The third-order valence-corrected chi connectivity index (χ3v) is 5.29. The molecule has 0 aliphatic rings. The molecule has 30 heavy (non-hydrogen) atoms. The molecule has 6 nitrogen and oxygen atoms in total. The minimum atomic E-state index is -1.06. The van der Waals surface area contributed by atoms with Crippen LogP contribution in [0.25, 0.3) is 0 Å². The number of hydrogen-bond acceptors (Lipinski definition) is 4. The molecule has 2 N–H and O–H groups in total. The normalized spacial score (nSPS) is 11.1. The third-order valence-electron chi connectivity index (χ3n) is 5.29. The largest absolute Gasteiger partial charge is 0.369 e. The van der Waals surface area contributed by atoms with Crippen molar-refractivity contribution in [3.8, 4) is 0 Å². The number of carbonyl (C=O) groups is 2. The fourth-order valence-electron chi connectivity index (χ4n) is 3.76. The Labute approximate surface area is 174 Å². The van der Waals surface area contributed by atoms with Crippen molar-refractivity contribution >= 4 is 17.4 Å². The van der Waals surface area contributed by atoms with E-state index in [0.29, 0.717) is 12.8 Å². The van der Waals surface area contributed by atoms with E-state index in [-0.39, 0.29) is 23.5 Å². The van der Waals surface area contributed by atoms with E-state index in [0.717, 1.165) is 11.1 Å². The molecule has 0 radical (unpaired) electrons. The zero-order valence-electron chi connectivity index (χ0n) is 16.4. The van der Waals surface area contributed by atoms with Gasteiger partial charge in [0.25, 0.3) is 5.69 Å². The number of non-ortho nitro benzene ring substituents is 1. The fourth-order valence-corrected chi connectivity index (χ4v) is 3.76. The first kappa shape index (κ1) is 20.9. The summed E-state index contributed by atoms with van der Waals surface area (Å²) in [5.41, 5.74) is 6.56. The molecule has 0 saturated carbocycles. The third kappa shape index (κ3) is 4.27. The second-order valence-electron chi connectivity index (χ2n) is 7.09. The number of nitrogens with two attached hydrogens (primary N) is 1. The van der Waals surface area contributed by atoms with E-state index in [4.69, 9.17) is 5.73 Å². The summed E-state index contributed by atoms with van der Waals surface area (Å²) in [5, 5.41) is 11.0. The molecule has 0 heterocycles. The van der Waals surface area contributed by atoms with Gasteiger partial charge in [0.05, 0.1) is 10.3 Å². The van der Waals surface area contributed by atoms with Crippen LogP contribution in [0.1, 0.15) is 40.7 Å². The van der Waals surface area contributed by atoms with Gasteiger partial charge in [-0.05, 0) is 24.0 Å². The molecule has 0 fully saturated rings. The Morgan fingerprint density at radius 3 is 1.93 bits per heavy atom. The summed E-state index contributed by atoms with van der Waals surface area (Å²) in [5.74, 6) is -0.694. The first-order valence-electron chi connectivity index (χ1n) is 9.64. The summed E-state index contributed by atoms with van der Waals surface area (Å²) in [7, 11) is 0. The molecular weight excluding hydrogens is 380 g/mol. The summed E-state index contributed by atoms with van der Waals surface area (Å²) in [4.78, 5) is 35.8. The van der Waals surface area contributed by atoms with Crippen LogP contribution < -0.4 is 5.73 Å². The lowest BCUT2D eigenvalue weighted by molar-refractivity contribution is -0.384. The summed E-state index contributed by atoms with van der Waals surface area (Å²) in [6, 6.07) is 24.3. The predicted molar refractivity (Wildman–Crippen MR) is 114 cm³/mol. The number of Topliss-reactive ketones (excluding diaryl/α,β-unsaturated/α-hetero) is 1. The van der Waals surface area contributed by atoms with E-state index < -0.39 is 16.2 Å². The van der Waals surface area contributed by atoms with E-state index >= 15 is 0 Å². The maximum Gasteiger partial charge on any atom is 0.270 e. The Hall–Kier alpha value is -3.80. The van der Waals surface area contributed by atoms with Gasteiger partial charge in [-0.25, -0.2) is 0 Å². The first-order chi connectivity index (χ1) is 14.4. The number of hydrogen-bond donors (Lipinski definition) is 1. The van der Waals surface area contributed by atoms with E-state index in [1.807, 2.05) is 60.7 Å². The van der Waals surface area contributed by atoms with Crippen molar-refractivity contribution in [3.63, 3.8) is 0 Å². The number of rotatable bonds is 9. The Balaban J connectivity index is 1.86. The van der Waals surface area contributed by atoms with Gasteiger partial charge in [-0.2, -0.15) is 0 Å². The Morgan fingerprint density at radius 1 is 0.867 bits per heavy atom. The topological polar surface area (TPSA) is 103 Å². The van der Waals surface area contributed by atoms with Crippen molar-refractivity contribution in [2.24, 2.45) is 5.73 Å². The molecule has 1 amide bonds. The molecule has 0 aliphatic heterocycles. The predicted octanol–water partition coefficient (Wildman–Crippen LogP) is 4.42. The Morgan fingerprint density at radius 2 is 1.43 bits per heavy atom. The highest BCUT2D eigenvalue weighted by molar-refractivity contribution is 5.96. The lowest BCUT2D eigenvalue weighted by Crippen LogP contribution is -2.42. The van der Waals surface area contributed by atoms with E-state index in [2.05, 4.69) is 0 Å². The van der Waals surface area contributed by atoms with Crippen LogP contribution in [-0.2, 0) is 10.2 Å². The van der Waals surface area contributed by atoms with Crippen LogP contribution in [-0.4, -0.2) is 16.6 Å². The fraction of sp³-hybridized carbons (Fsp3) is 0.167. The zero-order valence-corrected chi connectivity index (χ0v) is 16.4. The molecule has 152 valence electrons. The highest BCUT2D eigenvalue weighted by Gasteiger charge is 2.39. The molecule has 0 bridgehead atoms. The SMILES string of the molecule is NC(=O)C(CCCC(=O)c1cccc([N+](=O)[O-])c1)(c1ccccc1)c1ccccc1. The van der Waals surface area contributed by atoms with E-state index in [9.17, 15) is 19.7 Å². The highest BCUT2D eigenvalue weighted by Crippen LogP contribution is 2.37. The van der Waals surface area contributed by atoms with Gasteiger partial charge in [-0.3, -0.25) is 19.7 Å². The van der Waals surface area contributed by atoms with E-state index in [1.54, 1.807) is 6.07 Å². The first-order valence-corrected chi connectivity index (χ1v) is 9.64. The van der Waals surface area contributed by atoms with Gasteiger partial charge < -0.3 is 5.73 Å². The lowest BCUT2D eigenvalue weighted by atomic mass is 9.70. The number of nitrogens with zero attached hydrogens (tertiary/aromatic N) is 1. The monoisotopic (exact) mass is 402 g/mol. The van der Waals surface area contributed by atoms with Crippen molar-refractivity contribution < 1.29 is 14.5 Å². The van der Waals surface area contributed by atoms with Gasteiger partial charge >= 0.3 is 0 Å². The van der Waals surface area contributed by atoms with E-state index in [1.165, 1.54) is 18.2 Å². The second kappa shape index (κ2) is 9.13. The molecular formula is C24H22N2O4. The zero-order chi connectivity index (χ0) is 21.6. The minimum absolute atomic E-state index is 0.124. The molecule has 0 aliphatic carbocycles. The van der Waals surface area contributed by atoms with Crippen molar-refractivity contribution in [1.29, 1.82) is 0 Å². The minimum Gasteiger partial charge on any atom is -0.369 e. The molecule has 0 spiro atoms. The van der Waals surface area contributed by atoms with Crippen LogP contribution in [0.4, 0.5) is 5.69 Å². The average molecular weight is 402 g/mol. The van der Waals surface area contributed by atoms with Gasteiger partial charge in [0.2, 0.25) is 5.91 Å². The number of amides is 1. The second-order valence-corrected chi connectivity index (χ2v) is 7.09. The molecule has 0 aromatic heterocycles. The van der Waals surface area contributed by atoms with Crippen molar-refractivity contribution in [3.05, 3.63) is 112 Å². The average Bonchev–Trinajstić information content (AvgIpc) is 2.77.